The number of aryl methyl sites for hydroxylation is 2. The van der Waals surface area contributed by atoms with Crippen LogP contribution in [-0.2, 0) is 23.6 Å². The second-order valence-electron chi connectivity index (χ2n) is 7.18. The summed E-state index contributed by atoms with van der Waals surface area (Å²) in [6.07, 6.45) is 3.00. The predicted octanol–water partition coefficient (Wildman–Crippen LogP) is 3.88. The standard InChI is InChI=1S/C11H12BrN3O4.C7H7NO4.C4H4BrIN2/c1-3-18-11(17)7-4-8(19-14-7)9(16)6-5-15(2)13-10(6)12;1-2-11-7(10)6-3-5(4-9)12-8-6;1-8-2-3(6)4(5)7-8/h4-5,9,16H,3H2,1-2H3;3-4H,2H2,1H3;2H,1H3. The predicted molar refractivity (Wildman–Crippen MR) is 149 cm³/mol. The number of aldehydes is 1. The van der Waals surface area contributed by atoms with Gasteiger partial charge in [-0.3, -0.25) is 14.2 Å². The summed E-state index contributed by atoms with van der Waals surface area (Å²) in [6, 6.07) is 2.58. The molecule has 17 heteroatoms. The first kappa shape index (κ1) is 32.3. The molecule has 0 saturated carbocycles. The van der Waals surface area contributed by atoms with Gasteiger partial charge in [0.05, 0.1) is 16.8 Å². The van der Waals surface area contributed by atoms with Gasteiger partial charge in [-0.1, -0.05) is 10.3 Å². The normalized spacial score (nSPS) is 11.0. The molecule has 4 rings (SSSR count). The van der Waals surface area contributed by atoms with Crippen molar-refractivity contribution >= 4 is 72.7 Å². The zero-order valence-corrected chi connectivity index (χ0v) is 26.3. The van der Waals surface area contributed by atoms with Gasteiger partial charge >= 0.3 is 11.9 Å². The van der Waals surface area contributed by atoms with E-state index in [1.165, 1.54) is 12.1 Å². The Morgan fingerprint density at radius 1 is 1.00 bits per heavy atom. The molecule has 1 N–H and O–H groups in total. The van der Waals surface area contributed by atoms with E-state index in [-0.39, 0.29) is 36.1 Å². The second kappa shape index (κ2) is 15.6. The van der Waals surface area contributed by atoms with E-state index in [9.17, 15) is 19.5 Å². The third-order valence-electron chi connectivity index (χ3n) is 4.26. The Hall–Kier alpha value is -2.90. The minimum absolute atomic E-state index is 0.0121. The van der Waals surface area contributed by atoms with E-state index in [4.69, 9.17) is 9.26 Å². The zero-order chi connectivity index (χ0) is 29.1. The number of halogens is 3. The van der Waals surface area contributed by atoms with Gasteiger partial charge in [-0.25, -0.2) is 9.59 Å². The molecule has 0 fully saturated rings. The smallest absolute Gasteiger partial charge is 0.360 e. The highest BCUT2D eigenvalue weighted by Gasteiger charge is 2.23. The van der Waals surface area contributed by atoms with Gasteiger partial charge in [-0.2, -0.15) is 10.2 Å². The molecule has 39 heavy (non-hydrogen) atoms. The fourth-order valence-corrected chi connectivity index (χ4v) is 4.05. The highest BCUT2D eigenvalue weighted by atomic mass is 127. The van der Waals surface area contributed by atoms with Crippen molar-refractivity contribution in [3.05, 3.63) is 65.8 Å². The van der Waals surface area contributed by atoms with Crippen LogP contribution in [0.5, 0.6) is 0 Å². The van der Waals surface area contributed by atoms with Crippen molar-refractivity contribution in [3.63, 3.8) is 0 Å². The maximum absolute atomic E-state index is 11.4. The number of aliphatic hydroxyl groups is 1. The van der Waals surface area contributed by atoms with E-state index >= 15 is 0 Å². The summed E-state index contributed by atoms with van der Waals surface area (Å²) in [5, 5.41) is 25.1. The lowest BCUT2D eigenvalue weighted by Crippen LogP contribution is -2.04. The first-order valence-electron chi connectivity index (χ1n) is 10.9. The van der Waals surface area contributed by atoms with Gasteiger partial charge in [0.15, 0.2) is 29.2 Å². The molecule has 0 amide bonds. The molecule has 1 unspecified atom stereocenters. The number of aromatic nitrogens is 6. The molecule has 0 spiro atoms. The van der Waals surface area contributed by atoms with E-state index in [1.807, 2.05) is 13.2 Å². The van der Waals surface area contributed by atoms with E-state index in [1.54, 1.807) is 36.5 Å². The number of carbonyl (C=O) groups excluding carboxylic acids is 3. The van der Waals surface area contributed by atoms with E-state index in [2.05, 4.69) is 84.2 Å². The Bertz CT molecular complexity index is 1380. The van der Waals surface area contributed by atoms with Crippen LogP contribution in [0.4, 0.5) is 0 Å². The Kier molecular flexibility index (Phi) is 13.0. The van der Waals surface area contributed by atoms with Crippen molar-refractivity contribution in [2.45, 2.75) is 20.0 Å². The highest BCUT2D eigenvalue weighted by Crippen LogP contribution is 2.28. The number of hydrogen-bond acceptors (Lipinski definition) is 12. The quantitative estimate of drug-likeness (QED) is 0.163. The maximum Gasteiger partial charge on any atom is 0.360 e. The summed E-state index contributed by atoms with van der Waals surface area (Å²) < 4.78 is 24.7. The Morgan fingerprint density at radius 3 is 1.95 bits per heavy atom. The van der Waals surface area contributed by atoms with E-state index < -0.39 is 18.0 Å². The number of esters is 2. The van der Waals surface area contributed by atoms with E-state index in [0.29, 0.717) is 16.5 Å². The minimum atomic E-state index is -1.06. The maximum atomic E-state index is 11.4. The number of rotatable bonds is 7. The number of aliphatic hydroxyl groups excluding tert-OH is 1. The molecule has 0 aliphatic heterocycles. The van der Waals surface area contributed by atoms with Crippen LogP contribution >= 0.6 is 54.5 Å². The fraction of sp³-hybridized carbons (Fsp3) is 0.318. The van der Waals surface area contributed by atoms with Gasteiger partial charge in [0, 0.05) is 44.2 Å². The molecular formula is C22H23Br2IN6O8. The van der Waals surface area contributed by atoms with Gasteiger partial charge in [0.1, 0.15) is 15.3 Å². The van der Waals surface area contributed by atoms with Crippen molar-refractivity contribution in [1.82, 2.24) is 29.9 Å². The van der Waals surface area contributed by atoms with Crippen LogP contribution in [0, 0.1) is 3.57 Å². The summed E-state index contributed by atoms with van der Waals surface area (Å²) in [4.78, 5) is 32.5. The molecule has 0 aliphatic carbocycles. The molecule has 1 atom stereocenters. The van der Waals surface area contributed by atoms with Crippen LogP contribution in [0.15, 0.2) is 42.8 Å². The van der Waals surface area contributed by atoms with Crippen molar-refractivity contribution in [1.29, 1.82) is 0 Å². The summed E-state index contributed by atoms with van der Waals surface area (Å²) >= 11 is 8.72. The average molecular weight is 786 g/mol. The monoisotopic (exact) mass is 784 g/mol. The van der Waals surface area contributed by atoms with Crippen LogP contribution in [-0.4, -0.2) is 66.4 Å². The number of hydrogen-bond donors (Lipinski definition) is 1. The molecule has 4 aromatic rings. The molecule has 4 heterocycles. The summed E-state index contributed by atoms with van der Waals surface area (Å²) in [7, 11) is 3.62. The molecule has 0 aromatic carbocycles. The van der Waals surface area contributed by atoms with Crippen LogP contribution in [0.1, 0.15) is 62.8 Å². The van der Waals surface area contributed by atoms with Crippen LogP contribution in [0.2, 0.25) is 0 Å². The molecular weight excluding hydrogens is 763 g/mol. The molecule has 0 saturated heterocycles. The van der Waals surface area contributed by atoms with Gasteiger partial charge in [-0.05, 0) is 68.3 Å². The topological polar surface area (TPSA) is 178 Å². The van der Waals surface area contributed by atoms with Crippen LogP contribution in [0.3, 0.4) is 0 Å². The molecule has 0 radical (unpaired) electrons. The first-order valence-corrected chi connectivity index (χ1v) is 13.6. The Morgan fingerprint density at radius 2 is 1.54 bits per heavy atom. The molecule has 4 aromatic heterocycles. The molecule has 0 aliphatic rings. The highest BCUT2D eigenvalue weighted by molar-refractivity contribution is 14.1. The van der Waals surface area contributed by atoms with Crippen molar-refractivity contribution in [2.75, 3.05) is 13.2 Å². The SMILES string of the molecule is CCOC(=O)c1cc(C(O)c2cn(C)nc2Br)on1.CCOC(=O)c1cc(C=O)on1.Cn1cc(I)c(Br)n1. The largest absolute Gasteiger partial charge is 0.461 e. The Balaban J connectivity index is 0.000000227. The van der Waals surface area contributed by atoms with Crippen LogP contribution in [0.25, 0.3) is 0 Å². The summed E-state index contributed by atoms with van der Waals surface area (Å²) in [6.45, 7) is 3.89. The summed E-state index contributed by atoms with van der Waals surface area (Å²) in [5.41, 5.74) is 0.559. The van der Waals surface area contributed by atoms with Crippen molar-refractivity contribution in [2.24, 2.45) is 14.1 Å². The summed E-state index contributed by atoms with van der Waals surface area (Å²) in [5.74, 6) is -1.01. The lowest BCUT2D eigenvalue weighted by molar-refractivity contribution is 0.0504. The second-order valence-corrected chi connectivity index (χ2v) is 9.85. The average Bonchev–Trinajstić information content (AvgIpc) is 3.68. The Labute approximate surface area is 252 Å². The first-order chi connectivity index (χ1) is 18.5. The van der Waals surface area contributed by atoms with Gasteiger partial charge in [-0.15, -0.1) is 0 Å². The van der Waals surface area contributed by atoms with Gasteiger partial charge in [0.2, 0.25) is 0 Å². The third kappa shape index (κ3) is 9.66. The van der Waals surface area contributed by atoms with Gasteiger partial charge < -0.3 is 23.6 Å². The number of carbonyl (C=O) groups is 3. The molecule has 0 bridgehead atoms. The molecule has 210 valence electrons. The van der Waals surface area contributed by atoms with Crippen LogP contribution < -0.4 is 0 Å². The van der Waals surface area contributed by atoms with Crippen molar-refractivity contribution < 1.29 is 38.0 Å². The minimum Gasteiger partial charge on any atom is -0.461 e. The number of ether oxygens (including phenoxy) is 2. The van der Waals surface area contributed by atoms with Gasteiger partial charge in [0.25, 0.3) is 0 Å². The zero-order valence-electron chi connectivity index (χ0n) is 21.0. The third-order valence-corrected chi connectivity index (χ3v) is 6.99. The van der Waals surface area contributed by atoms with E-state index in [0.717, 1.165) is 8.17 Å². The fourth-order valence-electron chi connectivity index (χ4n) is 2.61. The number of nitrogens with zero attached hydrogens (tertiary/aromatic N) is 6. The van der Waals surface area contributed by atoms with Crippen molar-refractivity contribution in [3.8, 4) is 0 Å². The lowest BCUT2D eigenvalue weighted by atomic mass is 10.1. The lowest BCUT2D eigenvalue weighted by Gasteiger charge is -2.03. The molecule has 14 nitrogen and oxygen atoms in total.